The Hall–Kier alpha value is -2.34. The summed E-state index contributed by atoms with van der Waals surface area (Å²) in [6.45, 7) is 3.47. The van der Waals surface area contributed by atoms with Crippen molar-refractivity contribution in [2.75, 3.05) is 13.1 Å². The molecule has 0 unspecified atom stereocenters. The molecule has 0 spiro atoms. The molecule has 0 radical (unpaired) electrons. The number of carbonyl (C=O) groups is 1. The molecule has 1 heterocycles. The third-order valence-electron chi connectivity index (χ3n) is 4.78. The molecule has 3 nitrogen and oxygen atoms in total. The fourth-order valence-electron chi connectivity index (χ4n) is 3.26. The van der Waals surface area contributed by atoms with Crippen LogP contribution in [0.25, 0.3) is 0 Å². The lowest BCUT2D eigenvalue weighted by molar-refractivity contribution is -0.137. The maximum Gasteiger partial charge on any atom is 0.416 e. The van der Waals surface area contributed by atoms with Gasteiger partial charge in [-0.25, -0.2) is 0 Å². The highest BCUT2D eigenvalue weighted by Gasteiger charge is 2.30. The lowest BCUT2D eigenvalue weighted by Crippen LogP contribution is -2.29. The van der Waals surface area contributed by atoms with Crippen LogP contribution < -0.4 is 5.32 Å². The first kappa shape index (κ1) is 19.4. The summed E-state index contributed by atoms with van der Waals surface area (Å²) in [6.07, 6.45) is -0.652. The van der Waals surface area contributed by atoms with Gasteiger partial charge in [-0.2, -0.15) is 13.2 Å². The zero-order chi connectivity index (χ0) is 19.3. The molecule has 1 saturated heterocycles. The number of likely N-dealkylation sites (tertiary alicyclic amines) is 1. The first-order valence-electron chi connectivity index (χ1n) is 9.17. The lowest BCUT2D eigenvalue weighted by atomic mass is 10.1. The molecule has 1 aliphatic heterocycles. The van der Waals surface area contributed by atoms with Crippen LogP contribution in [0.4, 0.5) is 13.2 Å². The summed E-state index contributed by atoms with van der Waals surface area (Å²) in [7, 11) is 0. The number of halogens is 3. The van der Waals surface area contributed by atoms with Crippen LogP contribution in [0.3, 0.4) is 0 Å². The van der Waals surface area contributed by atoms with Gasteiger partial charge in [-0.05, 0) is 55.3 Å². The molecule has 1 fully saturated rings. The van der Waals surface area contributed by atoms with E-state index in [9.17, 15) is 18.0 Å². The number of nitrogens with zero attached hydrogens (tertiary/aromatic N) is 1. The summed E-state index contributed by atoms with van der Waals surface area (Å²) in [4.78, 5) is 14.6. The fourth-order valence-corrected chi connectivity index (χ4v) is 3.26. The van der Waals surface area contributed by atoms with Crippen LogP contribution in [0.2, 0.25) is 0 Å². The van der Waals surface area contributed by atoms with E-state index in [4.69, 9.17) is 0 Å². The first-order valence-corrected chi connectivity index (χ1v) is 9.17. The van der Waals surface area contributed by atoms with Crippen molar-refractivity contribution >= 4 is 5.91 Å². The number of hydrogen-bond acceptors (Lipinski definition) is 2. The van der Waals surface area contributed by atoms with Crippen LogP contribution in [-0.4, -0.2) is 23.9 Å². The minimum absolute atomic E-state index is 0.00606. The molecule has 2 aromatic carbocycles. The Labute approximate surface area is 157 Å². The molecule has 0 saturated carbocycles. The zero-order valence-corrected chi connectivity index (χ0v) is 15.1. The third-order valence-corrected chi connectivity index (χ3v) is 4.78. The Bertz CT molecular complexity index is 766. The van der Waals surface area contributed by atoms with Gasteiger partial charge in [-0.3, -0.25) is 9.69 Å². The number of piperidine rings is 1. The fraction of sp³-hybridized carbons (Fsp3) is 0.381. The normalized spacial score (nSPS) is 15.5. The Balaban J connectivity index is 1.54. The summed E-state index contributed by atoms with van der Waals surface area (Å²) >= 11 is 0. The van der Waals surface area contributed by atoms with Gasteiger partial charge in [0.2, 0.25) is 0 Å². The van der Waals surface area contributed by atoms with E-state index in [1.807, 2.05) is 24.3 Å². The minimum atomic E-state index is -4.46. The van der Waals surface area contributed by atoms with E-state index in [1.54, 1.807) is 0 Å². The molecule has 0 aromatic heterocycles. The predicted molar refractivity (Wildman–Crippen MR) is 98.2 cm³/mol. The molecule has 1 N–H and O–H groups in total. The van der Waals surface area contributed by atoms with Gasteiger partial charge in [0.15, 0.2) is 0 Å². The van der Waals surface area contributed by atoms with E-state index < -0.39 is 17.6 Å². The van der Waals surface area contributed by atoms with Crippen LogP contribution in [0.5, 0.6) is 0 Å². The monoisotopic (exact) mass is 376 g/mol. The molecule has 0 aliphatic carbocycles. The summed E-state index contributed by atoms with van der Waals surface area (Å²) in [5.74, 6) is -0.515. The molecule has 3 rings (SSSR count). The van der Waals surface area contributed by atoms with Crippen molar-refractivity contribution < 1.29 is 18.0 Å². The number of rotatable bonds is 5. The maximum absolute atomic E-state index is 12.8. The maximum atomic E-state index is 12.8. The van der Waals surface area contributed by atoms with E-state index in [0.29, 0.717) is 0 Å². The zero-order valence-electron chi connectivity index (χ0n) is 15.1. The van der Waals surface area contributed by atoms with Gasteiger partial charge in [-0.1, -0.05) is 36.8 Å². The SMILES string of the molecule is O=C(NCc1ccc(CN2CCCCC2)cc1)c1cccc(C(F)(F)F)c1. The number of amides is 1. The number of benzene rings is 2. The standard InChI is InChI=1S/C21H23F3N2O/c22-21(23,24)19-6-4-5-18(13-19)20(27)25-14-16-7-9-17(10-8-16)15-26-11-2-1-3-12-26/h4-10,13H,1-3,11-12,14-15H2,(H,25,27). The summed E-state index contributed by atoms with van der Waals surface area (Å²) in [6, 6.07) is 12.4. The van der Waals surface area contributed by atoms with Gasteiger partial charge >= 0.3 is 6.18 Å². The highest BCUT2D eigenvalue weighted by Crippen LogP contribution is 2.29. The van der Waals surface area contributed by atoms with Gasteiger partial charge in [0.1, 0.15) is 0 Å². The summed E-state index contributed by atoms with van der Waals surface area (Å²) in [5, 5.41) is 2.68. The van der Waals surface area contributed by atoms with E-state index in [2.05, 4.69) is 10.2 Å². The Morgan fingerprint density at radius 3 is 2.30 bits per heavy atom. The second-order valence-corrected chi connectivity index (χ2v) is 6.91. The molecule has 1 amide bonds. The smallest absolute Gasteiger partial charge is 0.348 e. The van der Waals surface area contributed by atoms with Gasteiger partial charge < -0.3 is 5.32 Å². The number of hydrogen-bond donors (Lipinski definition) is 1. The molecular formula is C21H23F3N2O. The highest BCUT2D eigenvalue weighted by molar-refractivity contribution is 5.94. The topological polar surface area (TPSA) is 32.3 Å². The van der Waals surface area contributed by atoms with Crippen molar-refractivity contribution in [2.45, 2.75) is 38.5 Å². The van der Waals surface area contributed by atoms with E-state index in [-0.39, 0.29) is 12.1 Å². The van der Waals surface area contributed by atoms with Crippen molar-refractivity contribution in [3.8, 4) is 0 Å². The molecule has 27 heavy (non-hydrogen) atoms. The Morgan fingerprint density at radius 2 is 1.63 bits per heavy atom. The van der Waals surface area contributed by atoms with Gasteiger partial charge in [0, 0.05) is 18.7 Å². The minimum Gasteiger partial charge on any atom is -0.348 e. The van der Waals surface area contributed by atoms with Gasteiger partial charge in [-0.15, -0.1) is 0 Å². The second-order valence-electron chi connectivity index (χ2n) is 6.91. The Kier molecular flexibility index (Phi) is 6.16. The van der Waals surface area contributed by atoms with Crippen molar-refractivity contribution in [3.05, 3.63) is 70.8 Å². The molecule has 0 atom stereocenters. The summed E-state index contributed by atoms with van der Waals surface area (Å²) in [5.41, 5.74) is 1.33. The van der Waals surface area contributed by atoms with Crippen LogP contribution >= 0.6 is 0 Å². The average molecular weight is 376 g/mol. The lowest BCUT2D eigenvalue weighted by Gasteiger charge is -2.26. The van der Waals surface area contributed by atoms with Crippen molar-refractivity contribution in [3.63, 3.8) is 0 Å². The van der Waals surface area contributed by atoms with Crippen LogP contribution in [-0.2, 0) is 19.3 Å². The summed E-state index contributed by atoms with van der Waals surface area (Å²) < 4.78 is 38.3. The molecule has 144 valence electrons. The third kappa shape index (κ3) is 5.57. The number of alkyl halides is 3. The molecule has 2 aromatic rings. The first-order chi connectivity index (χ1) is 12.9. The largest absolute Gasteiger partial charge is 0.416 e. The van der Waals surface area contributed by atoms with Gasteiger partial charge in [0.05, 0.1) is 5.56 Å². The molecule has 0 bridgehead atoms. The van der Waals surface area contributed by atoms with Gasteiger partial charge in [0.25, 0.3) is 5.91 Å². The number of nitrogens with one attached hydrogen (secondary N) is 1. The highest BCUT2D eigenvalue weighted by atomic mass is 19.4. The van der Waals surface area contributed by atoms with E-state index in [0.717, 1.165) is 37.3 Å². The molecular weight excluding hydrogens is 353 g/mol. The van der Waals surface area contributed by atoms with Crippen LogP contribution in [0.15, 0.2) is 48.5 Å². The quantitative estimate of drug-likeness (QED) is 0.826. The predicted octanol–water partition coefficient (Wildman–Crippen LogP) is 4.62. The van der Waals surface area contributed by atoms with E-state index in [1.165, 1.54) is 37.0 Å². The average Bonchev–Trinajstić information content (AvgIpc) is 2.67. The van der Waals surface area contributed by atoms with Crippen molar-refractivity contribution in [1.29, 1.82) is 0 Å². The molecule has 6 heteroatoms. The van der Waals surface area contributed by atoms with Crippen LogP contribution in [0.1, 0.15) is 46.3 Å². The second kappa shape index (κ2) is 8.57. The van der Waals surface area contributed by atoms with E-state index >= 15 is 0 Å². The van der Waals surface area contributed by atoms with Crippen molar-refractivity contribution in [2.24, 2.45) is 0 Å². The number of carbonyl (C=O) groups excluding carboxylic acids is 1. The Morgan fingerprint density at radius 1 is 0.963 bits per heavy atom. The van der Waals surface area contributed by atoms with Crippen LogP contribution in [0, 0.1) is 0 Å². The molecule has 1 aliphatic rings. The van der Waals surface area contributed by atoms with Crippen molar-refractivity contribution in [1.82, 2.24) is 10.2 Å².